The number of carbonyl (C=O) groups excluding carboxylic acids is 1. The van der Waals surface area contributed by atoms with Gasteiger partial charge in [-0.1, -0.05) is 36.7 Å². The maximum Gasteiger partial charge on any atom is 0.156 e. The highest BCUT2D eigenvalue weighted by atomic mass is 79.9. The molecule has 3 rings (SSSR count). The van der Waals surface area contributed by atoms with Crippen molar-refractivity contribution in [2.45, 2.75) is 56.4 Å². The number of ketones is 1. The molecule has 96 valence electrons. The van der Waals surface area contributed by atoms with Gasteiger partial charge < -0.3 is 5.11 Å². The number of halogens is 1. The minimum atomic E-state index is -0.656. The number of alkyl halides is 1. The van der Waals surface area contributed by atoms with Gasteiger partial charge in [0.05, 0.1) is 9.93 Å². The van der Waals surface area contributed by atoms with E-state index >= 15 is 0 Å². The van der Waals surface area contributed by atoms with Crippen molar-refractivity contribution >= 4 is 21.7 Å². The normalized spacial score (nSPS) is 56.9. The predicted molar refractivity (Wildman–Crippen MR) is 70.0 cm³/mol. The molecular formula is C14H21BrO2. The third-order valence-corrected chi connectivity index (χ3v) is 7.26. The molecule has 3 aliphatic rings. The van der Waals surface area contributed by atoms with E-state index in [4.69, 9.17) is 0 Å². The summed E-state index contributed by atoms with van der Waals surface area (Å²) in [6.45, 7) is 6.29. The van der Waals surface area contributed by atoms with Crippen LogP contribution < -0.4 is 0 Å². The Morgan fingerprint density at radius 2 is 2.00 bits per heavy atom. The summed E-state index contributed by atoms with van der Waals surface area (Å²) in [5.74, 6) is 1.10. The Morgan fingerprint density at radius 3 is 2.59 bits per heavy atom. The summed E-state index contributed by atoms with van der Waals surface area (Å²) < 4.78 is -0.429. The molecule has 4 bridgehead atoms. The quantitative estimate of drug-likeness (QED) is 0.756. The molecule has 1 unspecified atom stereocenters. The van der Waals surface area contributed by atoms with Gasteiger partial charge in [-0.25, -0.2) is 0 Å². The SMILES string of the molecule is CC(C)C1(O)CC[C@@]2(C)C(=O)[C@]3(Br)CC[C@H]2[C@@H]13. The Morgan fingerprint density at radius 1 is 1.35 bits per heavy atom. The molecule has 2 nitrogen and oxygen atoms in total. The van der Waals surface area contributed by atoms with Crippen LogP contribution in [0.4, 0.5) is 0 Å². The van der Waals surface area contributed by atoms with Crippen LogP contribution in [0.3, 0.4) is 0 Å². The monoisotopic (exact) mass is 300 g/mol. The van der Waals surface area contributed by atoms with E-state index < -0.39 is 9.93 Å². The van der Waals surface area contributed by atoms with Gasteiger partial charge in [0.2, 0.25) is 0 Å². The molecule has 3 aliphatic carbocycles. The Bertz CT molecular complexity index is 394. The van der Waals surface area contributed by atoms with Crippen molar-refractivity contribution in [1.29, 1.82) is 0 Å². The average Bonchev–Trinajstić information content (AvgIpc) is 2.68. The Kier molecular flexibility index (Phi) is 2.26. The second-order valence-corrected chi connectivity index (χ2v) is 8.29. The summed E-state index contributed by atoms with van der Waals surface area (Å²) >= 11 is 3.73. The molecule has 3 heteroatoms. The molecule has 0 heterocycles. The summed E-state index contributed by atoms with van der Waals surface area (Å²) in [6.07, 6.45) is 3.63. The van der Waals surface area contributed by atoms with Gasteiger partial charge in [0.1, 0.15) is 0 Å². The zero-order chi connectivity index (χ0) is 12.6. The third-order valence-electron chi connectivity index (χ3n) is 6.01. The lowest BCUT2D eigenvalue weighted by Gasteiger charge is -2.47. The molecule has 0 radical (unpaired) electrons. The highest BCUT2D eigenvalue weighted by Gasteiger charge is 2.75. The number of carbonyl (C=O) groups is 1. The number of hydrogen-bond acceptors (Lipinski definition) is 2. The molecule has 3 fully saturated rings. The molecule has 0 amide bonds. The number of hydrogen-bond donors (Lipinski definition) is 1. The summed E-state index contributed by atoms with van der Waals surface area (Å²) in [5.41, 5.74) is -0.829. The second-order valence-electron chi connectivity index (χ2n) is 6.88. The van der Waals surface area contributed by atoms with Crippen LogP contribution in [0.2, 0.25) is 0 Å². The summed E-state index contributed by atoms with van der Waals surface area (Å²) in [7, 11) is 0. The smallest absolute Gasteiger partial charge is 0.156 e. The maximum atomic E-state index is 12.6. The van der Waals surface area contributed by atoms with Gasteiger partial charge in [0.15, 0.2) is 5.78 Å². The van der Waals surface area contributed by atoms with Crippen LogP contribution in [-0.4, -0.2) is 20.8 Å². The topological polar surface area (TPSA) is 37.3 Å². The standard InChI is InChI=1S/C14H21BrO2/c1-8(2)14(17)7-6-12(3)9-4-5-13(15,10(9)14)11(12)16/h8-10,17H,4-7H2,1-3H3/t9-,10+,12+,13-,14?/m0/s1. The minimum Gasteiger partial charge on any atom is -0.389 e. The summed E-state index contributed by atoms with van der Waals surface area (Å²) in [5, 5.41) is 11.0. The average molecular weight is 301 g/mol. The van der Waals surface area contributed by atoms with Gasteiger partial charge >= 0.3 is 0 Å². The van der Waals surface area contributed by atoms with Gasteiger partial charge in [-0.2, -0.15) is 0 Å². The molecule has 3 saturated carbocycles. The third kappa shape index (κ3) is 1.14. The van der Waals surface area contributed by atoms with Crippen LogP contribution in [0.1, 0.15) is 46.5 Å². The van der Waals surface area contributed by atoms with E-state index in [-0.39, 0.29) is 17.3 Å². The van der Waals surface area contributed by atoms with Gasteiger partial charge in [-0.05, 0) is 37.5 Å². The predicted octanol–water partition coefficient (Wildman–Crippen LogP) is 2.92. The fraction of sp³-hybridized carbons (Fsp3) is 0.929. The van der Waals surface area contributed by atoms with E-state index in [1.165, 1.54) is 0 Å². The molecule has 0 aromatic carbocycles. The zero-order valence-corrected chi connectivity index (χ0v) is 12.4. The van der Waals surface area contributed by atoms with Crippen LogP contribution in [0.15, 0.2) is 0 Å². The first-order valence-electron chi connectivity index (χ1n) is 6.73. The molecule has 0 aliphatic heterocycles. The lowest BCUT2D eigenvalue weighted by molar-refractivity contribution is -0.133. The second kappa shape index (κ2) is 3.16. The molecule has 17 heavy (non-hydrogen) atoms. The highest BCUT2D eigenvalue weighted by Crippen LogP contribution is 2.71. The molecule has 1 N–H and O–H groups in total. The molecule has 0 saturated heterocycles. The van der Waals surface area contributed by atoms with E-state index in [2.05, 4.69) is 36.7 Å². The van der Waals surface area contributed by atoms with Crippen LogP contribution in [0.25, 0.3) is 0 Å². The van der Waals surface area contributed by atoms with Gasteiger partial charge in [0.25, 0.3) is 0 Å². The largest absolute Gasteiger partial charge is 0.389 e. The van der Waals surface area contributed by atoms with Crippen LogP contribution >= 0.6 is 15.9 Å². The lowest BCUT2D eigenvalue weighted by Crippen LogP contribution is -2.52. The van der Waals surface area contributed by atoms with Crippen molar-refractivity contribution in [3.8, 4) is 0 Å². The number of aliphatic hydroxyl groups is 1. The van der Waals surface area contributed by atoms with Crippen molar-refractivity contribution in [2.75, 3.05) is 0 Å². The van der Waals surface area contributed by atoms with Crippen molar-refractivity contribution in [3.63, 3.8) is 0 Å². The van der Waals surface area contributed by atoms with Gasteiger partial charge in [-0.3, -0.25) is 4.79 Å². The fourth-order valence-electron chi connectivity index (χ4n) is 4.90. The number of rotatable bonds is 1. The van der Waals surface area contributed by atoms with Crippen molar-refractivity contribution < 1.29 is 9.90 Å². The van der Waals surface area contributed by atoms with Crippen molar-refractivity contribution in [1.82, 2.24) is 0 Å². The van der Waals surface area contributed by atoms with Crippen molar-refractivity contribution in [3.05, 3.63) is 0 Å². The first kappa shape index (κ1) is 12.2. The van der Waals surface area contributed by atoms with E-state index in [1.54, 1.807) is 0 Å². The van der Waals surface area contributed by atoms with Crippen LogP contribution in [0.5, 0.6) is 0 Å². The van der Waals surface area contributed by atoms with E-state index in [0.717, 1.165) is 25.7 Å². The highest BCUT2D eigenvalue weighted by molar-refractivity contribution is 9.10. The fourth-order valence-corrected chi connectivity index (χ4v) is 6.29. The molecule has 0 aromatic heterocycles. The Hall–Kier alpha value is 0.110. The molecular weight excluding hydrogens is 280 g/mol. The van der Waals surface area contributed by atoms with E-state index in [1.807, 2.05) is 0 Å². The molecule has 0 spiro atoms. The van der Waals surface area contributed by atoms with Crippen LogP contribution in [-0.2, 0) is 4.79 Å². The lowest BCUT2D eigenvalue weighted by atomic mass is 9.60. The van der Waals surface area contributed by atoms with Gasteiger partial charge in [-0.15, -0.1) is 0 Å². The first-order valence-corrected chi connectivity index (χ1v) is 7.52. The minimum absolute atomic E-state index is 0.126. The Balaban J connectivity index is 2.14. The van der Waals surface area contributed by atoms with Crippen LogP contribution in [0, 0.1) is 23.2 Å². The molecule has 0 aromatic rings. The summed E-state index contributed by atoms with van der Waals surface area (Å²) in [6, 6.07) is 0. The summed E-state index contributed by atoms with van der Waals surface area (Å²) in [4.78, 5) is 12.6. The number of Topliss-reactive ketones (excluding diaryl/α,β-unsaturated/α-hetero) is 1. The Labute approximate surface area is 111 Å². The van der Waals surface area contributed by atoms with E-state index in [9.17, 15) is 9.90 Å². The van der Waals surface area contributed by atoms with Crippen molar-refractivity contribution in [2.24, 2.45) is 23.2 Å². The van der Waals surface area contributed by atoms with Gasteiger partial charge in [0, 0.05) is 11.3 Å². The first-order chi connectivity index (χ1) is 7.77. The molecule has 5 atom stereocenters. The van der Waals surface area contributed by atoms with E-state index in [0.29, 0.717) is 11.7 Å². The zero-order valence-electron chi connectivity index (χ0n) is 10.8. The maximum absolute atomic E-state index is 12.6.